The molecule has 0 amide bonds. The second-order valence-corrected chi connectivity index (χ2v) is 4.36. The lowest BCUT2D eigenvalue weighted by Crippen LogP contribution is -2.15. The van der Waals surface area contributed by atoms with Gasteiger partial charge in [-0.05, 0) is 26.3 Å². The minimum absolute atomic E-state index is 0.250. The SMILES string of the molecule is CCOC(=O)c1nnc(C)n1Cc1ccc(C)cc1. The molecule has 0 atom stereocenters. The second kappa shape index (κ2) is 5.65. The third kappa shape index (κ3) is 2.99. The van der Waals surface area contributed by atoms with Crippen LogP contribution in [0.5, 0.6) is 0 Å². The highest BCUT2D eigenvalue weighted by atomic mass is 16.5. The number of rotatable bonds is 4. The van der Waals surface area contributed by atoms with E-state index in [0.717, 1.165) is 5.56 Å². The van der Waals surface area contributed by atoms with Crippen molar-refractivity contribution in [1.82, 2.24) is 14.8 Å². The van der Waals surface area contributed by atoms with Gasteiger partial charge in [-0.2, -0.15) is 0 Å². The Morgan fingerprint density at radius 1 is 1.21 bits per heavy atom. The first kappa shape index (κ1) is 13.3. The molecule has 0 aliphatic heterocycles. The number of hydrogen-bond acceptors (Lipinski definition) is 4. The molecule has 0 aliphatic carbocycles. The first-order chi connectivity index (χ1) is 9.11. The van der Waals surface area contributed by atoms with Crippen LogP contribution in [-0.2, 0) is 11.3 Å². The summed E-state index contributed by atoms with van der Waals surface area (Å²) in [6.07, 6.45) is 0. The van der Waals surface area contributed by atoms with Crippen LogP contribution in [-0.4, -0.2) is 27.3 Å². The number of carbonyl (C=O) groups is 1. The number of carbonyl (C=O) groups excluding carboxylic acids is 1. The fourth-order valence-electron chi connectivity index (χ4n) is 1.79. The summed E-state index contributed by atoms with van der Waals surface area (Å²) >= 11 is 0. The predicted octanol–water partition coefficient (Wildman–Crippen LogP) is 2.12. The lowest BCUT2D eigenvalue weighted by Gasteiger charge is -2.08. The van der Waals surface area contributed by atoms with E-state index in [4.69, 9.17) is 4.74 Å². The van der Waals surface area contributed by atoms with Gasteiger partial charge in [0.05, 0.1) is 13.2 Å². The minimum atomic E-state index is -0.435. The van der Waals surface area contributed by atoms with Crippen molar-refractivity contribution in [3.8, 4) is 0 Å². The largest absolute Gasteiger partial charge is 0.460 e. The van der Waals surface area contributed by atoms with Crippen molar-refractivity contribution in [2.24, 2.45) is 0 Å². The van der Waals surface area contributed by atoms with Crippen molar-refractivity contribution in [1.29, 1.82) is 0 Å². The number of hydrogen-bond donors (Lipinski definition) is 0. The van der Waals surface area contributed by atoms with E-state index < -0.39 is 5.97 Å². The first-order valence-electron chi connectivity index (χ1n) is 6.24. The van der Waals surface area contributed by atoms with Crippen LogP contribution in [0.15, 0.2) is 24.3 Å². The highest BCUT2D eigenvalue weighted by molar-refractivity contribution is 5.85. The highest BCUT2D eigenvalue weighted by Crippen LogP contribution is 2.10. The van der Waals surface area contributed by atoms with Gasteiger partial charge in [0, 0.05) is 0 Å². The van der Waals surface area contributed by atoms with E-state index in [1.807, 2.05) is 38.1 Å². The average Bonchev–Trinajstić information content (AvgIpc) is 2.74. The Kier molecular flexibility index (Phi) is 3.94. The van der Waals surface area contributed by atoms with Gasteiger partial charge >= 0.3 is 5.97 Å². The summed E-state index contributed by atoms with van der Waals surface area (Å²) in [6.45, 7) is 6.52. The van der Waals surface area contributed by atoms with Crippen LogP contribution in [0.3, 0.4) is 0 Å². The fraction of sp³-hybridized carbons (Fsp3) is 0.357. The zero-order chi connectivity index (χ0) is 13.8. The third-order valence-corrected chi connectivity index (χ3v) is 2.86. The van der Waals surface area contributed by atoms with Gasteiger partial charge in [0.25, 0.3) is 0 Å². The summed E-state index contributed by atoms with van der Waals surface area (Å²) in [6, 6.07) is 8.14. The number of nitrogens with zero attached hydrogens (tertiary/aromatic N) is 3. The highest BCUT2D eigenvalue weighted by Gasteiger charge is 2.17. The minimum Gasteiger partial charge on any atom is -0.460 e. The molecule has 0 fully saturated rings. The standard InChI is InChI=1S/C14H17N3O2/c1-4-19-14(18)13-16-15-11(3)17(13)9-12-7-5-10(2)6-8-12/h5-8H,4,9H2,1-3H3. The maximum Gasteiger partial charge on any atom is 0.376 e. The van der Waals surface area contributed by atoms with Crippen LogP contribution in [0.2, 0.25) is 0 Å². The van der Waals surface area contributed by atoms with E-state index in [9.17, 15) is 4.79 Å². The fourth-order valence-corrected chi connectivity index (χ4v) is 1.79. The molecular formula is C14H17N3O2. The summed E-state index contributed by atoms with van der Waals surface area (Å²) in [5, 5.41) is 7.83. The normalized spacial score (nSPS) is 10.5. The van der Waals surface area contributed by atoms with Crippen LogP contribution in [0, 0.1) is 13.8 Å². The Balaban J connectivity index is 2.26. The van der Waals surface area contributed by atoms with Gasteiger partial charge in [-0.15, -0.1) is 10.2 Å². The topological polar surface area (TPSA) is 57.0 Å². The van der Waals surface area contributed by atoms with Crippen LogP contribution in [0.1, 0.15) is 34.5 Å². The predicted molar refractivity (Wildman–Crippen MR) is 71.0 cm³/mol. The maximum absolute atomic E-state index is 11.8. The van der Waals surface area contributed by atoms with Crippen LogP contribution in [0.4, 0.5) is 0 Å². The van der Waals surface area contributed by atoms with Crippen LogP contribution >= 0.6 is 0 Å². The molecule has 2 aromatic rings. The molecule has 0 bridgehead atoms. The number of aromatic nitrogens is 3. The van der Waals surface area contributed by atoms with Gasteiger partial charge < -0.3 is 9.30 Å². The molecule has 0 spiro atoms. The number of ether oxygens (including phenoxy) is 1. The Morgan fingerprint density at radius 3 is 2.53 bits per heavy atom. The molecule has 5 nitrogen and oxygen atoms in total. The lowest BCUT2D eigenvalue weighted by molar-refractivity contribution is 0.0506. The van der Waals surface area contributed by atoms with E-state index in [0.29, 0.717) is 19.0 Å². The van der Waals surface area contributed by atoms with Crippen molar-refractivity contribution in [3.05, 3.63) is 47.0 Å². The van der Waals surface area contributed by atoms with Gasteiger partial charge in [-0.3, -0.25) is 0 Å². The summed E-state index contributed by atoms with van der Waals surface area (Å²) in [5.74, 6) is 0.513. The molecule has 0 unspecified atom stereocenters. The summed E-state index contributed by atoms with van der Waals surface area (Å²) in [5.41, 5.74) is 2.30. The van der Waals surface area contributed by atoms with E-state index >= 15 is 0 Å². The van der Waals surface area contributed by atoms with Crippen molar-refractivity contribution in [2.75, 3.05) is 6.61 Å². The lowest BCUT2D eigenvalue weighted by atomic mass is 10.1. The molecular weight excluding hydrogens is 242 g/mol. The zero-order valence-electron chi connectivity index (χ0n) is 11.4. The molecule has 100 valence electrons. The zero-order valence-corrected chi connectivity index (χ0v) is 11.4. The van der Waals surface area contributed by atoms with Crippen molar-refractivity contribution < 1.29 is 9.53 Å². The second-order valence-electron chi connectivity index (χ2n) is 4.36. The molecule has 1 aromatic carbocycles. The molecule has 19 heavy (non-hydrogen) atoms. The van der Waals surface area contributed by atoms with Gasteiger partial charge in [-0.1, -0.05) is 29.8 Å². The smallest absolute Gasteiger partial charge is 0.376 e. The molecule has 5 heteroatoms. The third-order valence-electron chi connectivity index (χ3n) is 2.86. The Labute approximate surface area is 112 Å². The van der Waals surface area contributed by atoms with Crippen molar-refractivity contribution >= 4 is 5.97 Å². The molecule has 0 aliphatic rings. The van der Waals surface area contributed by atoms with Gasteiger partial charge in [-0.25, -0.2) is 4.79 Å². The van der Waals surface area contributed by atoms with Crippen molar-refractivity contribution in [2.45, 2.75) is 27.3 Å². The molecule has 0 N–H and O–H groups in total. The Bertz CT molecular complexity index is 573. The van der Waals surface area contributed by atoms with E-state index in [1.165, 1.54) is 5.56 Å². The van der Waals surface area contributed by atoms with Gasteiger partial charge in [0.2, 0.25) is 5.82 Å². The number of aryl methyl sites for hydroxylation is 2. The molecule has 0 radical (unpaired) electrons. The van der Waals surface area contributed by atoms with Gasteiger partial charge in [0.15, 0.2) is 0 Å². The average molecular weight is 259 g/mol. The number of benzene rings is 1. The molecule has 2 rings (SSSR count). The Hall–Kier alpha value is -2.17. The number of esters is 1. The molecule has 0 saturated heterocycles. The monoisotopic (exact) mass is 259 g/mol. The van der Waals surface area contributed by atoms with Crippen LogP contribution < -0.4 is 0 Å². The van der Waals surface area contributed by atoms with Crippen LogP contribution in [0.25, 0.3) is 0 Å². The Morgan fingerprint density at radius 2 is 1.89 bits per heavy atom. The van der Waals surface area contributed by atoms with E-state index in [2.05, 4.69) is 10.2 Å². The first-order valence-corrected chi connectivity index (χ1v) is 6.24. The summed E-state index contributed by atoms with van der Waals surface area (Å²) < 4.78 is 6.74. The van der Waals surface area contributed by atoms with Gasteiger partial charge in [0.1, 0.15) is 5.82 Å². The molecule has 1 aromatic heterocycles. The van der Waals surface area contributed by atoms with E-state index in [-0.39, 0.29) is 5.82 Å². The summed E-state index contributed by atoms with van der Waals surface area (Å²) in [4.78, 5) is 11.8. The van der Waals surface area contributed by atoms with E-state index in [1.54, 1.807) is 11.5 Å². The molecule has 1 heterocycles. The quantitative estimate of drug-likeness (QED) is 0.789. The van der Waals surface area contributed by atoms with Crippen molar-refractivity contribution in [3.63, 3.8) is 0 Å². The summed E-state index contributed by atoms with van der Waals surface area (Å²) in [7, 11) is 0. The molecule has 0 saturated carbocycles. The maximum atomic E-state index is 11.8.